The summed E-state index contributed by atoms with van der Waals surface area (Å²) in [6, 6.07) is 19.9. The van der Waals surface area contributed by atoms with Gasteiger partial charge in [-0.15, -0.1) is 5.11 Å². The minimum atomic E-state index is -5.01. The van der Waals surface area contributed by atoms with Crippen molar-refractivity contribution in [3.8, 4) is 11.8 Å². The van der Waals surface area contributed by atoms with Crippen molar-refractivity contribution in [3.63, 3.8) is 0 Å². The third-order valence-corrected chi connectivity index (χ3v) is 6.91. The molecule has 0 saturated heterocycles. The van der Waals surface area contributed by atoms with Gasteiger partial charge in [0.1, 0.15) is 15.8 Å². The van der Waals surface area contributed by atoms with E-state index in [1.54, 1.807) is 60.7 Å². The summed E-state index contributed by atoms with van der Waals surface area (Å²) in [6.07, 6.45) is 0. The molecule has 0 radical (unpaired) electrons. The van der Waals surface area contributed by atoms with Crippen LogP contribution in [0.15, 0.2) is 98.9 Å². The van der Waals surface area contributed by atoms with Gasteiger partial charge in [-0.2, -0.15) is 24.4 Å². The summed E-state index contributed by atoms with van der Waals surface area (Å²) in [7, 11) is -5.01. The predicted octanol–water partition coefficient (Wildman–Crippen LogP) is 0.534. The summed E-state index contributed by atoms with van der Waals surface area (Å²) in [5.41, 5.74) is 0.696. The molecule has 0 amide bonds. The molecule has 1 aromatic heterocycles. The standard InChI is InChI=1S/C25H19N7O8S2.2C2H6.2Li/c33-22-20-14(12-19(41-40-39-35)21(22)32-31-16-9-5-2-6-10-16)11-17(42(36,37)38)13-18(20)27-24-28-23(29-25(34)30-24)26-15-7-3-1-4-8-15;2*1-2;;/h1-13,33,35H,(H,36,37,38)(H3,26,27,28,29,30,34);2*1-2H3;;/q;;;2*+1/p-2. The van der Waals surface area contributed by atoms with Gasteiger partial charge in [0.15, 0.2) is 5.75 Å². The van der Waals surface area contributed by atoms with Crippen molar-refractivity contribution in [2.45, 2.75) is 37.5 Å². The predicted molar refractivity (Wildman–Crippen MR) is 169 cm³/mol. The smallest absolute Gasteiger partial charge is 0.744 e. The molecule has 1 heterocycles. The molecule has 4 N–H and O–H groups in total. The van der Waals surface area contributed by atoms with Gasteiger partial charge in [-0.25, -0.2) is 8.42 Å². The zero-order valence-electron chi connectivity index (χ0n) is 26.9. The molecule has 242 valence electrons. The number of aromatic nitrogens is 3. The number of nitrogens with zero attached hydrogens (tertiary/aromatic N) is 5. The Morgan fingerprint density at radius 3 is 1.98 bits per heavy atom. The van der Waals surface area contributed by atoms with Gasteiger partial charge in [-0.1, -0.05) is 64.1 Å². The first-order valence-electron chi connectivity index (χ1n) is 13.6. The van der Waals surface area contributed by atoms with Crippen LogP contribution in [0.2, 0.25) is 0 Å². The van der Waals surface area contributed by atoms with Crippen molar-refractivity contribution >= 4 is 67.6 Å². The summed E-state index contributed by atoms with van der Waals surface area (Å²) < 4.78 is 40.4. The number of benzene rings is 4. The molecule has 0 saturated carbocycles. The van der Waals surface area contributed by atoms with E-state index in [0.717, 1.165) is 12.1 Å². The molecule has 0 bridgehead atoms. The number of anilines is 4. The first-order chi connectivity index (χ1) is 22.2. The van der Waals surface area contributed by atoms with Crippen LogP contribution in [0.3, 0.4) is 0 Å². The van der Waals surface area contributed by atoms with E-state index in [0.29, 0.717) is 23.4 Å². The number of nitrogens with one attached hydrogen (secondary N) is 2. The second kappa shape index (κ2) is 20.6. The Bertz CT molecular complexity index is 1890. The third-order valence-electron chi connectivity index (χ3n) is 5.49. The first-order valence-corrected chi connectivity index (χ1v) is 15.8. The van der Waals surface area contributed by atoms with E-state index in [4.69, 9.17) is 0 Å². The first kappa shape index (κ1) is 42.3. The molecule has 15 nitrogen and oxygen atoms in total. The van der Waals surface area contributed by atoms with Gasteiger partial charge in [-0.05, 0) is 47.9 Å². The van der Waals surface area contributed by atoms with Crippen molar-refractivity contribution in [2.24, 2.45) is 10.2 Å². The number of azo groups is 1. The maximum Gasteiger partial charge on any atom is 1.00 e. The van der Waals surface area contributed by atoms with Gasteiger partial charge >= 0.3 is 43.7 Å². The fraction of sp³-hybridized carbons (Fsp3) is 0.138. The van der Waals surface area contributed by atoms with E-state index in [2.05, 4.69) is 45.2 Å². The Labute approximate surface area is 305 Å². The number of fused-ring (bicyclic) bond motifs is 1. The van der Waals surface area contributed by atoms with Crippen LogP contribution in [0.5, 0.6) is 11.8 Å². The number of phenols is 1. The van der Waals surface area contributed by atoms with Crippen molar-refractivity contribution < 1.29 is 75.5 Å². The zero-order chi connectivity index (χ0) is 33.7. The molecule has 0 aliphatic carbocycles. The third kappa shape index (κ3) is 11.5. The van der Waals surface area contributed by atoms with Gasteiger partial charge in [0.05, 0.1) is 33.2 Å². The molecule has 48 heavy (non-hydrogen) atoms. The minimum Gasteiger partial charge on any atom is -0.744 e. The van der Waals surface area contributed by atoms with E-state index in [9.17, 15) is 28.4 Å². The van der Waals surface area contributed by atoms with Gasteiger partial charge in [0.25, 0.3) is 0 Å². The molecule has 0 aliphatic heterocycles. The molecule has 5 rings (SSSR count). The molecule has 0 aliphatic rings. The molecule has 0 atom stereocenters. The van der Waals surface area contributed by atoms with Gasteiger partial charge in [-0.3, -0.25) is 5.04 Å². The Morgan fingerprint density at radius 2 is 1.40 bits per heavy atom. The van der Waals surface area contributed by atoms with Crippen LogP contribution < -0.4 is 53.6 Å². The summed E-state index contributed by atoms with van der Waals surface area (Å²) >= 11 is 0.368. The van der Waals surface area contributed by atoms with E-state index < -0.39 is 26.8 Å². The number of phenolic OH excluding ortho intramolecular Hbond substituents is 1. The van der Waals surface area contributed by atoms with Crippen molar-refractivity contribution in [2.75, 3.05) is 10.6 Å². The van der Waals surface area contributed by atoms with Crippen LogP contribution in [0.1, 0.15) is 27.7 Å². The van der Waals surface area contributed by atoms with Crippen LogP contribution in [0.25, 0.3) is 10.8 Å². The molecule has 0 fully saturated rings. The minimum absolute atomic E-state index is 0. The van der Waals surface area contributed by atoms with Gasteiger partial charge in [0.2, 0.25) is 11.9 Å². The van der Waals surface area contributed by atoms with Gasteiger partial charge < -0.3 is 30.7 Å². The average molecular weight is 682 g/mol. The van der Waals surface area contributed by atoms with Crippen molar-refractivity contribution in [1.29, 1.82) is 0 Å². The maximum absolute atomic E-state index is 12.0. The Balaban J connectivity index is 0.00000185. The number of hydrogen-bond donors (Lipinski definition) is 4. The molecule has 5 aromatic rings. The topological polar surface area (TPSA) is 227 Å². The molecule has 4 aromatic carbocycles. The molecule has 19 heteroatoms. The summed E-state index contributed by atoms with van der Waals surface area (Å²) in [6.45, 7) is 8.00. The van der Waals surface area contributed by atoms with Gasteiger partial charge in [0, 0.05) is 11.1 Å². The normalized spacial score (nSPS) is 10.5. The monoisotopic (exact) mass is 681 g/mol. The molecule has 0 unspecified atom stereocenters. The second-order valence-corrected chi connectivity index (χ2v) is 10.4. The van der Waals surface area contributed by atoms with Crippen LogP contribution in [-0.4, -0.2) is 38.1 Å². The fourth-order valence-electron chi connectivity index (χ4n) is 3.76. The van der Waals surface area contributed by atoms with Crippen LogP contribution in [-0.2, 0) is 19.5 Å². The van der Waals surface area contributed by atoms with Crippen LogP contribution >= 0.6 is 12.0 Å². The van der Waals surface area contributed by atoms with E-state index in [1.807, 2.05) is 27.7 Å². The SMILES string of the molecule is CC.CC.O=S(=O)([O-])c1cc(Nc2nc(O)nc(Nc3ccccc3)n2)c2c(O)c(N=Nc3ccccc3)c(SOO[O-])cc2c1.[Li+].[Li+]. The van der Waals surface area contributed by atoms with E-state index >= 15 is 0 Å². The van der Waals surface area contributed by atoms with E-state index in [1.165, 1.54) is 6.07 Å². The fourth-order valence-corrected chi connectivity index (χ4v) is 4.79. The van der Waals surface area contributed by atoms with E-state index in [-0.39, 0.29) is 76.7 Å². The summed E-state index contributed by atoms with van der Waals surface area (Å²) in [4.78, 5) is 11.1. The summed E-state index contributed by atoms with van der Waals surface area (Å²) in [5.74, 6) is -0.873. The second-order valence-electron chi connectivity index (χ2n) is 8.25. The quantitative estimate of drug-likeness (QED) is 0.0394. The molecular weight excluding hydrogens is 652 g/mol. The van der Waals surface area contributed by atoms with Crippen LogP contribution in [0.4, 0.5) is 34.6 Å². The Kier molecular flexibility index (Phi) is 18.2. The number of para-hydroxylation sites is 1. The zero-order valence-corrected chi connectivity index (χ0v) is 28.5. The summed E-state index contributed by atoms with van der Waals surface area (Å²) in [5, 5.41) is 49.2. The van der Waals surface area contributed by atoms with Crippen molar-refractivity contribution in [1.82, 2.24) is 15.0 Å². The Hall–Kier alpha value is -3.72. The largest absolute Gasteiger partial charge is 1.00 e. The van der Waals surface area contributed by atoms with Crippen LogP contribution in [0, 0.1) is 0 Å². The van der Waals surface area contributed by atoms with Crippen molar-refractivity contribution in [3.05, 3.63) is 78.9 Å². The average Bonchev–Trinajstić information content (AvgIpc) is 3.05. The Morgan fingerprint density at radius 1 is 0.812 bits per heavy atom. The molecular formula is C29H29Li2N7O8S2. The number of aromatic hydroxyl groups is 2. The maximum atomic E-state index is 12.0. The number of hydrogen-bond acceptors (Lipinski definition) is 16. The number of rotatable bonds is 10. The molecule has 0 spiro atoms.